The van der Waals surface area contributed by atoms with Crippen molar-refractivity contribution in [3.8, 4) is 0 Å². The number of H-pyrrole nitrogens is 2. The number of aromatic amines is 2. The van der Waals surface area contributed by atoms with E-state index >= 15 is 0 Å². The van der Waals surface area contributed by atoms with Crippen LogP contribution in [0.3, 0.4) is 0 Å². The van der Waals surface area contributed by atoms with Crippen molar-refractivity contribution in [2.75, 3.05) is 0 Å². The molecule has 1 fully saturated rings. The summed E-state index contributed by atoms with van der Waals surface area (Å²) < 4.78 is 6.80. The number of imidazole rings is 1. The van der Waals surface area contributed by atoms with Crippen LogP contribution in [0, 0.1) is 11.8 Å². The molecule has 0 spiro atoms. The van der Waals surface area contributed by atoms with E-state index in [0.29, 0.717) is 5.92 Å². The summed E-state index contributed by atoms with van der Waals surface area (Å²) in [5.74, 6) is 0.622. The van der Waals surface area contributed by atoms with Crippen LogP contribution in [0.15, 0.2) is 21.4 Å². The van der Waals surface area contributed by atoms with E-state index in [4.69, 9.17) is 16.3 Å². The van der Waals surface area contributed by atoms with Crippen LogP contribution in [0.4, 0.5) is 0 Å². The number of rotatable bonds is 2. The van der Waals surface area contributed by atoms with Gasteiger partial charge in [-0.1, -0.05) is 22.9 Å². The van der Waals surface area contributed by atoms with Crippen molar-refractivity contribution >= 4 is 38.6 Å². The third-order valence-electron chi connectivity index (χ3n) is 4.59. The first-order valence-electron chi connectivity index (χ1n) is 7.09. The minimum absolute atomic E-state index is 0.116. The molecule has 1 aromatic carbocycles. The average molecular weight is 374 g/mol. The van der Waals surface area contributed by atoms with Crippen LogP contribution in [0.5, 0.6) is 0 Å². The van der Waals surface area contributed by atoms with Gasteiger partial charge in [0, 0.05) is 10.4 Å². The minimum atomic E-state index is -0.209. The lowest BCUT2D eigenvalue weighted by Crippen LogP contribution is -2.22. The van der Waals surface area contributed by atoms with Gasteiger partial charge in [0.15, 0.2) is 0 Å². The van der Waals surface area contributed by atoms with Crippen LogP contribution in [0.2, 0.25) is 0 Å². The first-order valence-corrected chi connectivity index (χ1v) is 8.32. The molecule has 0 amide bonds. The predicted octanol–water partition coefficient (Wildman–Crippen LogP) is 3.96. The van der Waals surface area contributed by atoms with Crippen LogP contribution in [-0.4, -0.2) is 22.2 Å². The third-order valence-corrected chi connectivity index (χ3v) is 5.80. The number of hydrogen-bond acceptors (Lipinski definition) is 2. The molecule has 2 N–H and O–H groups in total. The molecule has 21 heavy (non-hydrogen) atoms. The first kappa shape index (κ1) is 15.1. The standard InChI is InChI=1S/C15H18BrClN2O2/c1-6-7(2)21-8(3)13(6)14(17)9-4-11-12(5-10(9)16)19-15(20)18-11/h4-8,13-14H,1-3H3,(H2,18,19,20). The van der Waals surface area contributed by atoms with E-state index in [-0.39, 0.29) is 29.2 Å². The number of nitrogens with one attached hydrogen (secondary N) is 2. The molecule has 0 bridgehead atoms. The fourth-order valence-corrected chi connectivity index (χ4v) is 4.63. The van der Waals surface area contributed by atoms with Gasteiger partial charge in [-0.05, 0) is 37.5 Å². The van der Waals surface area contributed by atoms with E-state index in [0.717, 1.165) is 21.1 Å². The number of benzene rings is 1. The number of halogens is 2. The number of fused-ring (bicyclic) bond motifs is 1. The SMILES string of the molecule is CC1OC(C)C(C(Cl)c2cc3[nH]c(=O)[nH]c3cc2Br)C1C. The maximum absolute atomic E-state index is 11.4. The maximum atomic E-state index is 11.4. The summed E-state index contributed by atoms with van der Waals surface area (Å²) in [7, 11) is 0. The van der Waals surface area contributed by atoms with Crippen molar-refractivity contribution < 1.29 is 4.74 Å². The quantitative estimate of drug-likeness (QED) is 0.783. The molecule has 1 aliphatic heterocycles. The number of hydrogen-bond donors (Lipinski definition) is 2. The zero-order valence-corrected chi connectivity index (χ0v) is 14.5. The summed E-state index contributed by atoms with van der Waals surface area (Å²) in [5, 5.41) is -0.169. The van der Waals surface area contributed by atoms with Crippen molar-refractivity contribution in [2.24, 2.45) is 11.8 Å². The molecule has 0 aliphatic carbocycles. The number of ether oxygens (including phenoxy) is 1. The molecule has 1 saturated heterocycles. The van der Waals surface area contributed by atoms with Crippen LogP contribution >= 0.6 is 27.5 Å². The van der Waals surface area contributed by atoms with Crippen molar-refractivity contribution in [2.45, 2.75) is 38.4 Å². The molecule has 2 heterocycles. The van der Waals surface area contributed by atoms with Gasteiger partial charge in [-0.2, -0.15) is 0 Å². The first-order chi connectivity index (χ1) is 9.88. The van der Waals surface area contributed by atoms with Gasteiger partial charge in [0.1, 0.15) is 0 Å². The van der Waals surface area contributed by atoms with Gasteiger partial charge in [-0.3, -0.25) is 0 Å². The molecular formula is C15H18BrClN2O2. The van der Waals surface area contributed by atoms with E-state index in [1.165, 1.54) is 0 Å². The summed E-state index contributed by atoms with van der Waals surface area (Å²) >= 11 is 10.3. The number of aromatic nitrogens is 2. The largest absolute Gasteiger partial charge is 0.375 e. The third kappa shape index (κ3) is 2.56. The lowest BCUT2D eigenvalue weighted by molar-refractivity contribution is 0.0508. The minimum Gasteiger partial charge on any atom is -0.375 e. The van der Waals surface area contributed by atoms with Crippen LogP contribution < -0.4 is 5.69 Å². The van der Waals surface area contributed by atoms with Gasteiger partial charge in [-0.15, -0.1) is 11.6 Å². The second kappa shape index (κ2) is 5.45. The Bertz CT molecular complexity index is 726. The van der Waals surface area contributed by atoms with Crippen LogP contribution in [0.1, 0.15) is 31.7 Å². The summed E-state index contributed by atoms with van der Waals surface area (Å²) in [5.41, 5.74) is 2.33. The molecule has 3 rings (SSSR count). The Morgan fingerprint density at radius 1 is 1.19 bits per heavy atom. The molecule has 114 valence electrons. The summed E-state index contributed by atoms with van der Waals surface area (Å²) in [6.07, 6.45) is 0.325. The normalized spacial score (nSPS) is 30.9. The highest BCUT2D eigenvalue weighted by Gasteiger charge is 2.42. The van der Waals surface area contributed by atoms with Gasteiger partial charge < -0.3 is 14.7 Å². The van der Waals surface area contributed by atoms with Gasteiger partial charge in [-0.25, -0.2) is 4.79 Å². The molecule has 4 nitrogen and oxygen atoms in total. The van der Waals surface area contributed by atoms with E-state index in [9.17, 15) is 4.79 Å². The van der Waals surface area contributed by atoms with Gasteiger partial charge >= 0.3 is 5.69 Å². The highest BCUT2D eigenvalue weighted by Crippen LogP contribution is 2.46. The molecule has 5 atom stereocenters. The van der Waals surface area contributed by atoms with Crippen molar-refractivity contribution in [1.29, 1.82) is 0 Å². The Balaban J connectivity index is 2.03. The molecule has 5 unspecified atom stereocenters. The molecule has 0 radical (unpaired) electrons. The Kier molecular flexibility index (Phi) is 3.93. The van der Waals surface area contributed by atoms with E-state index < -0.39 is 0 Å². The lowest BCUT2D eigenvalue weighted by Gasteiger charge is -2.25. The molecule has 0 saturated carbocycles. The Morgan fingerprint density at radius 2 is 1.81 bits per heavy atom. The summed E-state index contributed by atoms with van der Waals surface area (Å²) in [6.45, 7) is 6.34. The fraction of sp³-hybridized carbons (Fsp3) is 0.533. The molecule has 1 aromatic heterocycles. The number of alkyl halides is 1. The molecule has 2 aromatic rings. The summed E-state index contributed by atoms with van der Waals surface area (Å²) in [6, 6.07) is 3.84. The molecule has 1 aliphatic rings. The van der Waals surface area contributed by atoms with Crippen molar-refractivity contribution in [3.63, 3.8) is 0 Å². The van der Waals surface area contributed by atoms with Crippen LogP contribution in [0.25, 0.3) is 11.0 Å². The van der Waals surface area contributed by atoms with E-state index in [2.05, 4.69) is 46.7 Å². The highest BCUT2D eigenvalue weighted by molar-refractivity contribution is 9.10. The van der Waals surface area contributed by atoms with Gasteiger partial charge in [0.2, 0.25) is 0 Å². The van der Waals surface area contributed by atoms with E-state index in [1.54, 1.807) is 0 Å². The Hall–Kier alpha value is -0.780. The predicted molar refractivity (Wildman–Crippen MR) is 87.9 cm³/mol. The molecular weight excluding hydrogens is 356 g/mol. The molecule has 6 heteroatoms. The Morgan fingerprint density at radius 3 is 2.38 bits per heavy atom. The topological polar surface area (TPSA) is 57.9 Å². The Labute approximate surface area is 136 Å². The monoisotopic (exact) mass is 372 g/mol. The highest BCUT2D eigenvalue weighted by atomic mass is 79.9. The lowest BCUT2D eigenvalue weighted by atomic mass is 9.84. The van der Waals surface area contributed by atoms with E-state index in [1.807, 2.05) is 12.1 Å². The maximum Gasteiger partial charge on any atom is 0.323 e. The van der Waals surface area contributed by atoms with Crippen LogP contribution in [-0.2, 0) is 4.74 Å². The zero-order chi connectivity index (χ0) is 15.3. The second-order valence-electron chi connectivity index (χ2n) is 5.88. The zero-order valence-electron chi connectivity index (χ0n) is 12.1. The van der Waals surface area contributed by atoms with Gasteiger partial charge in [0.05, 0.1) is 28.6 Å². The van der Waals surface area contributed by atoms with Crippen molar-refractivity contribution in [1.82, 2.24) is 9.97 Å². The summed E-state index contributed by atoms with van der Waals surface area (Å²) in [4.78, 5) is 16.9. The average Bonchev–Trinajstić information content (AvgIpc) is 2.87. The van der Waals surface area contributed by atoms with Crippen molar-refractivity contribution in [3.05, 3.63) is 32.7 Å². The smallest absolute Gasteiger partial charge is 0.323 e. The fourth-order valence-electron chi connectivity index (χ4n) is 3.29. The van der Waals surface area contributed by atoms with Gasteiger partial charge in [0.25, 0.3) is 0 Å². The second-order valence-corrected chi connectivity index (χ2v) is 7.21.